The van der Waals surface area contributed by atoms with Gasteiger partial charge in [-0.05, 0) is 6.42 Å². The van der Waals surface area contributed by atoms with E-state index in [9.17, 15) is 5.11 Å². The van der Waals surface area contributed by atoms with Gasteiger partial charge >= 0.3 is 0 Å². The van der Waals surface area contributed by atoms with Crippen molar-refractivity contribution < 1.29 is 5.11 Å². The van der Waals surface area contributed by atoms with Crippen LogP contribution in [0.4, 0.5) is 5.82 Å². The molecule has 15 heavy (non-hydrogen) atoms. The maximum atomic E-state index is 9.77. The molecule has 0 aliphatic carbocycles. The van der Waals surface area contributed by atoms with E-state index >= 15 is 0 Å². The zero-order valence-electron chi connectivity index (χ0n) is 8.60. The van der Waals surface area contributed by atoms with E-state index in [1.807, 2.05) is 4.90 Å². The van der Waals surface area contributed by atoms with E-state index in [4.69, 9.17) is 11.6 Å². The third-order valence-electron chi connectivity index (χ3n) is 2.87. The molecule has 82 valence electrons. The number of nitrogens with zero attached hydrogens (tertiary/aromatic N) is 3. The lowest BCUT2D eigenvalue weighted by Gasteiger charge is -2.16. The molecule has 1 aromatic heterocycles. The van der Waals surface area contributed by atoms with Crippen LogP contribution in [0.3, 0.4) is 0 Å². The Morgan fingerprint density at radius 3 is 2.93 bits per heavy atom. The Hall–Kier alpha value is -0.870. The van der Waals surface area contributed by atoms with Crippen LogP contribution in [0.25, 0.3) is 0 Å². The number of hydrogen-bond acceptors (Lipinski definition) is 4. The molecular weight excluding hydrogens is 214 g/mol. The predicted octanol–water partition coefficient (Wildman–Crippen LogP) is 1.34. The van der Waals surface area contributed by atoms with E-state index in [0.29, 0.717) is 17.6 Å². The molecule has 1 aliphatic heterocycles. The maximum absolute atomic E-state index is 9.77. The molecule has 1 N–H and O–H groups in total. The summed E-state index contributed by atoms with van der Waals surface area (Å²) in [5.41, 5.74) is 0. The number of hydrogen-bond donors (Lipinski definition) is 1. The molecule has 1 aromatic rings. The van der Waals surface area contributed by atoms with Crippen LogP contribution in [0.15, 0.2) is 12.4 Å². The number of anilines is 1. The lowest BCUT2D eigenvalue weighted by molar-refractivity contribution is 0.146. The van der Waals surface area contributed by atoms with Crippen molar-refractivity contribution in [3.63, 3.8) is 0 Å². The molecule has 2 rings (SSSR count). The largest absolute Gasteiger partial charge is 0.391 e. The van der Waals surface area contributed by atoms with Gasteiger partial charge in [-0.2, -0.15) is 0 Å². The van der Waals surface area contributed by atoms with Crippen molar-refractivity contribution in [3.8, 4) is 0 Å². The smallest absolute Gasteiger partial charge is 0.134 e. The average Bonchev–Trinajstić information content (AvgIpc) is 2.60. The van der Waals surface area contributed by atoms with Gasteiger partial charge in [0, 0.05) is 25.1 Å². The van der Waals surface area contributed by atoms with E-state index in [1.54, 1.807) is 6.07 Å². The number of β-amino-alcohol motifs (C(OH)–C–C–N with tert-alkyl or cyclic N) is 1. The van der Waals surface area contributed by atoms with Crippen LogP contribution in [-0.2, 0) is 0 Å². The van der Waals surface area contributed by atoms with E-state index < -0.39 is 0 Å². The van der Waals surface area contributed by atoms with Gasteiger partial charge in [0.15, 0.2) is 0 Å². The minimum atomic E-state index is -0.260. The molecule has 4 nitrogen and oxygen atoms in total. The minimum absolute atomic E-state index is 0.260. The summed E-state index contributed by atoms with van der Waals surface area (Å²) in [4.78, 5) is 10.0. The Kier molecular flexibility index (Phi) is 3.07. The third kappa shape index (κ3) is 2.21. The fourth-order valence-corrected chi connectivity index (χ4v) is 2.08. The lowest BCUT2D eigenvalue weighted by Crippen LogP contribution is -2.22. The summed E-state index contributed by atoms with van der Waals surface area (Å²) in [6, 6.07) is 1.73. The Balaban J connectivity index is 2.13. The molecule has 1 saturated heterocycles. The van der Waals surface area contributed by atoms with Gasteiger partial charge in [-0.1, -0.05) is 18.5 Å². The predicted molar refractivity (Wildman–Crippen MR) is 59.0 cm³/mol. The topological polar surface area (TPSA) is 49.2 Å². The van der Waals surface area contributed by atoms with Crippen molar-refractivity contribution >= 4 is 17.4 Å². The maximum Gasteiger partial charge on any atom is 0.134 e. The van der Waals surface area contributed by atoms with Crippen LogP contribution in [0.1, 0.15) is 13.3 Å². The van der Waals surface area contributed by atoms with Crippen LogP contribution in [-0.4, -0.2) is 34.3 Å². The van der Waals surface area contributed by atoms with Gasteiger partial charge in [-0.25, -0.2) is 9.97 Å². The second-order valence-corrected chi connectivity index (χ2v) is 4.23. The first-order valence-corrected chi connectivity index (χ1v) is 5.49. The summed E-state index contributed by atoms with van der Waals surface area (Å²) in [6.45, 7) is 3.56. The fourth-order valence-electron chi connectivity index (χ4n) is 1.94. The van der Waals surface area contributed by atoms with E-state index in [-0.39, 0.29) is 6.10 Å². The van der Waals surface area contributed by atoms with Gasteiger partial charge in [-0.15, -0.1) is 0 Å². The van der Waals surface area contributed by atoms with Crippen molar-refractivity contribution in [1.82, 2.24) is 9.97 Å². The molecule has 2 heterocycles. The highest BCUT2D eigenvalue weighted by molar-refractivity contribution is 6.29. The molecule has 0 amide bonds. The Bertz CT molecular complexity index is 347. The number of aliphatic hydroxyl groups is 1. The molecule has 0 saturated carbocycles. The van der Waals surface area contributed by atoms with E-state index in [2.05, 4.69) is 16.9 Å². The van der Waals surface area contributed by atoms with Gasteiger partial charge < -0.3 is 10.0 Å². The summed E-state index contributed by atoms with van der Waals surface area (Å²) in [5.74, 6) is 1.13. The molecule has 0 radical (unpaired) electrons. The monoisotopic (exact) mass is 227 g/mol. The van der Waals surface area contributed by atoms with Crippen LogP contribution in [0, 0.1) is 5.92 Å². The molecule has 0 aromatic carbocycles. The zero-order valence-corrected chi connectivity index (χ0v) is 9.35. The van der Waals surface area contributed by atoms with Crippen LogP contribution in [0.2, 0.25) is 5.15 Å². The first-order chi connectivity index (χ1) is 7.20. The van der Waals surface area contributed by atoms with Gasteiger partial charge in [0.1, 0.15) is 17.3 Å². The van der Waals surface area contributed by atoms with Gasteiger partial charge in [0.2, 0.25) is 0 Å². The summed E-state index contributed by atoms with van der Waals surface area (Å²) in [5, 5.41) is 10.2. The van der Waals surface area contributed by atoms with Crippen LogP contribution < -0.4 is 4.90 Å². The molecule has 0 bridgehead atoms. The van der Waals surface area contributed by atoms with Gasteiger partial charge in [0.05, 0.1) is 6.10 Å². The summed E-state index contributed by atoms with van der Waals surface area (Å²) in [7, 11) is 0. The second-order valence-electron chi connectivity index (χ2n) is 3.84. The molecule has 1 fully saturated rings. The average molecular weight is 228 g/mol. The Morgan fingerprint density at radius 1 is 1.53 bits per heavy atom. The lowest BCUT2D eigenvalue weighted by atomic mass is 10.0. The third-order valence-corrected chi connectivity index (χ3v) is 3.08. The first kappa shape index (κ1) is 10.6. The van der Waals surface area contributed by atoms with E-state index in [1.165, 1.54) is 6.33 Å². The highest BCUT2D eigenvalue weighted by Gasteiger charge is 2.30. The second kappa shape index (κ2) is 4.33. The number of aliphatic hydroxyl groups excluding tert-OH is 1. The highest BCUT2D eigenvalue weighted by atomic mass is 35.5. The summed E-state index contributed by atoms with van der Waals surface area (Å²) in [6.07, 6.45) is 2.17. The van der Waals surface area contributed by atoms with Gasteiger partial charge in [-0.3, -0.25) is 0 Å². The number of aromatic nitrogens is 2. The van der Waals surface area contributed by atoms with Crippen molar-refractivity contribution in [2.75, 3.05) is 18.0 Å². The Morgan fingerprint density at radius 2 is 2.33 bits per heavy atom. The molecular formula is C10H14ClN3O. The number of halogens is 1. The molecule has 5 heteroatoms. The summed E-state index contributed by atoms with van der Waals surface area (Å²) >= 11 is 5.79. The normalized spacial score (nSPS) is 25.9. The standard InChI is InChI=1S/C10H14ClN3O/c1-2-7-4-14(5-8(7)15)10-3-9(11)12-6-13-10/h3,6-8,15H,2,4-5H2,1H3. The van der Waals surface area contributed by atoms with Crippen molar-refractivity contribution in [2.24, 2.45) is 5.92 Å². The highest BCUT2D eigenvalue weighted by Crippen LogP contribution is 2.25. The van der Waals surface area contributed by atoms with Crippen LogP contribution in [0.5, 0.6) is 0 Å². The van der Waals surface area contributed by atoms with Gasteiger partial charge in [0.25, 0.3) is 0 Å². The van der Waals surface area contributed by atoms with E-state index in [0.717, 1.165) is 18.8 Å². The SMILES string of the molecule is CCC1CN(c2cc(Cl)ncn2)CC1O. The molecule has 1 aliphatic rings. The van der Waals surface area contributed by atoms with Crippen molar-refractivity contribution in [2.45, 2.75) is 19.4 Å². The first-order valence-electron chi connectivity index (χ1n) is 5.11. The Labute approximate surface area is 93.9 Å². The summed E-state index contributed by atoms with van der Waals surface area (Å²) < 4.78 is 0. The van der Waals surface area contributed by atoms with Crippen LogP contribution >= 0.6 is 11.6 Å². The van der Waals surface area contributed by atoms with Crippen molar-refractivity contribution in [1.29, 1.82) is 0 Å². The molecule has 2 atom stereocenters. The number of rotatable bonds is 2. The molecule has 0 spiro atoms. The minimum Gasteiger partial charge on any atom is -0.391 e. The fraction of sp³-hybridized carbons (Fsp3) is 0.600. The molecule has 2 unspecified atom stereocenters. The van der Waals surface area contributed by atoms with Crippen molar-refractivity contribution in [3.05, 3.63) is 17.5 Å². The zero-order chi connectivity index (χ0) is 10.8. The quantitative estimate of drug-likeness (QED) is 0.775.